The molecule has 3 unspecified atom stereocenters. The summed E-state index contributed by atoms with van der Waals surface area (Å²) in [5.74, 6) is -0.998. The highest BCUT2D eigenvalue weighted by Crippen LogP contribution is 2.43. The second-order valence-corrected chi connectivity index (χ2v) is 11.9. The van der Waals surface area contributed by atoms with Gasteiger partial charge in [-0.3, -0.25) is 18.6 Å². The third-order valence-electron chi connectivity index (χ3n) is 6.33. The number of phosphoric acid groups is 1. The summed E-state index contributed by atoms with van der Waals surface area (Å²) in [6.45, 7) is 1.91. The molecule has 0 amide bonds. The lowest BCUT2D eigenvalue weighted by Gasteiger charge is -2.20. The average molecular weight is 621 g/mol. The molecule has 246 valence electrons. The smallest absolute Gasteiger partial charge is 0.462 e. The van der Waals surface area contributed by atoms with E-state index >= 15 is 0 Å². The highest BCUT2D eigenvalue weighted by molar-refractivity contribution is 7.47. The molecule has 42 heavy (non-hydrogen) atoms. The maximum atomic E-state index is 12.3. The number of rotatable bonds is 29. The number of hydrogen-bond acceptors (Lipinski definition) is 9. The minimum Gasteiger partial charge on any atom is -0.462 e. The fraction of sp³-hybridized carbons (Fsp3) is 0.806. The van der Waals surface area contributed by atoms with Crippen molar-refractivity contribution in [3.63, 3.8) is 0 Å². The van der Waals surface area contributed by atoms with E-state index in [-0.39, 0.29) is 19.4 Å². The molecule has 10 nitrogen and oxygen atoms in total. The third-order valence-corrected chi connectivity index (χ3v) is 7.28. The Morgan fingerprint density at radius 3 is 1.88 bits per heavy atom. The van der Waals surface area contributed by atoms with Crippen LogP contribution in [0.4, 0.5) is 0 Å². The van der Waals surface area contributed by atoms with Crippen LogP contribution in [0.15, 0.2) is 24.3 Å². The van der Waals surface area contributed by atoms with Gasteiger partial charge in [0.2, 0.25) is 0 Å². The molecule has 0 radical (unpaired) electrons. The molecule has 0 spiro atoms. The predicted octanol–water partition coefficient (Wildman–Crippen LogP) is 6.71. The Labute approximate surface area is 253 Å². The lowest BCUT2D eigenvalue weighted by atomic mass is 10.1. The summed E-state index contributed by atoms with van der Waals surface area (Å²) >= 11 is 0. The number of aliphatic hydroxyl groups is 2. The van der Waals surface area contributed by atoms with Crippen LogP contribution in [-0.2, 0) is 32.7 Å². The summed E-state index contributed by atoms with van der Waals surface area (Å²) in [6, 6.07) is 0. The molecule has 0 aliphatic heterocycles. The summed E-state index contributed by atoms with van der Waals surface area (Å²) in [5.41, 5.74) is 0. The molecular formula is C31H57O10P. The van der Waals surface area contributed by atoms with Crippen LogP contribution in [0.2, 0.25) is 0 Å². The fourth-order valence-corrected chi connectivity index (χ4v) is 4.67. The van der Waals surface area contributed by atoms with Crippen LogP contribution in [0, 0.1) is 0 Å². The number of esters is 2. The van der Waals surface area contributed by atoms with Crippen molar-refractivity contribution in [1.29, 1.82) is 0 Å². The van der Waals surface area contributed by atoms with Crippen LogP contribution in [0.1, 0.15) is 123 Å². The largest absolute Gasteiger partial charge is 0.472 e. The molecule has 0 aromatic heterocycles. The topological polar surface area (TPSA) is 149 Å². The zero-order chi connectivity index (χ0) is 31.3. The molecule has 0 aromatic carbocycles. The van der Waals surface area contributed by atoms with E-state index < -0.39 is 51.8 Å². The van der Waals surface area contributed by atoms with Crippen molar-refractivity contribution >= 4 is 19.8 Å². The number of phosphoric ester groups is 1. The second kappa shape index (κ2) is 28.2. The van der Waals surface area contributed by atoms with E-state index in [1.54, 1.807) is 0 Å². The Kier molecular flexibility index (Phi) is 27.2. The van der Waals surface area contributed by atoms with Crippen LogP contribution in [0.3, 0.4) is 0 Å². The number of carbonyl (C=O) groups excluding carboxylic acids is 2. The lowest BCUT2D eigenvalue weighted by molar-refractivity contribution is -0.161. The Morgan fingerprint density at radius 1 is 0.714 bits per heavy atom. The van der Waals surface area contributed by atoms with Gasteiger partial charge in [-0.1, -0.05) is 89.5 Å². The zero-order valence-corrected chi connectivity index (χ0v) is 26.9. The number of allylic oxidation sites excluding steroid dienone is 4. The van der Waals surface area contributed by atoms with E-state index in [4.69, 9.17) is 19.1 Å². The first-order valence-corrected chi connectivity index (χ1v) is 17.3. The van der Waals surface area contributed by atoms with Crippen LogP contribution in [0.5, 0.6) is 0 Å². The van der Waals surface area contributed by atoms with Crippen molar-refractivity contribution in [2.45, 2.75) is 135 Å². The minimum absolute atomic E-state index is 0.174. The van der Waals surface area contributed by atoms with E-state index in [1.165, 1.54) is 44.9 Å². The minimum atomic E-state index is -4.58. The normalized spacial score (nSPS) is 14.7. The van der Waals surface area contributed by atoms with Crippen LogP contribution < -0.4 is 0 Å². The number of carbonyl (C=O) groups is 2. The maximum absolute atomic E-state index is 12.3. The lowest BCUT2D eigenvalue weighted by Crippen LogP contribution is -2.29. The van der Waals surface area contributed by atoms with Gasteiger partial charge in [-0.25, -0.2) is 4.57 Å². The molecule has 0 fully saturated rings. The van der Waals surface area contributed by atoms with Crippen molar-refractivity contribution in [2.24, 2.45) is 0 Å². The second-order valence-electron chi connectivity index (χ2n) is 10.5. The number of aliphatic hydroxyl groups excluding tert-OH is 2. The maximum Gasteiger partial charge on any atom is 0.472 e. The van der Waals surface area contributed by atoms with E-state index in [0.717, 1.165) is 38.5 Å². The number of ether oxygens (including phenoxy) is 2. The first kappa shape index (κ1) is 40.5. The van der Waals surface area contributed by atoms with Gasteiger partial charge in [0.1, 0.15) is 12.7 Å². The van der Waals surface area contributed by atoms with Crippen LogP contribution >= 0.6 is 7.82 Å². The Morgan fingerprint density at radius 2 is 1.29 bits per heavy atom. The highest BCUT2D eigenvalue weighted by atomic mass is 31.2. The van der Waals surface area contributed by atoms with Gasteiger partial charge < -0.3 is 24.6 Å². The molecule has 0 aromatic rings. The first-order valence-electron chi connectivity index (χ1n) is 15.8. The molecule has 0 rings (SSSR count). The van der Waals surface area contributed by atoms with Crippen molar-refractivity contribution in [3.05, 3.63) is 24.3 Å². The van der Waals surface area contributed by atoms with Gasteiger partial charge in [-0.15, -0.1) is 0 Å². The monoisotopic (exact) mass is 620 g/mol. The van der Waals surface area contributed by atoms with Gasteiger partial charge in [-0.05, 0) is 44.9 Å². The number of hydrogen-bond donors (Lipinski definition) is 3. The van der Waals surface area contributed by atoms with Crippen LogP contribution in [0.25, 0.3) is 0 Å². The molecule has 0 saturated heterocycles. The molecule has 0 aliphatic carbocycles. The van der Waals surface area contributed by atoms with E-state index in [0.29, 0.717) is 12.8 Å². The summed E-state index contributed by atoms with van der Waals surface area (Å²) < 4.78 is 31.8. The Hall–Kier alpha value is -1.55. The van der Waals surface area contributed by atoms with Crippen molar-refractivity contribution in [2.75, 3.05) is 26.4 Å². The van der Waals surface area contributed by atoms with E-state index in [9.17, 15) is 24.2 Å². The summed E-state index contributed by atoms with van der Waals surface area (Å²) in [7, 11) is -4.58. The number of unbranched alkanes of at least 4 members (excludes halogenated alkanes) is 11. The summed E-state index contributed by atoms with van der Waals surface area (Å²) in [5, 5.41) is 18.0. The van der Waals surface area contributed by atoms with Gasteiger partial charge >= 0.3 is 19.8 Å². The summed E-state index contributed by atoms with van der Waals surface area (Å²) in [6.07, 6.45) is 23.3. The third kappa shape index (κ3) is 27.3. The van der Waals surface area contributed by atoms with Crippen molar-refractivity contribution < 1.29 is 47.8 Å². The highest BCUT2D eigenvalue weighted by Gasteiger charge is 2.27. The predicted molar refractivity (Wildman–Crippen MR) is 164 cm³/mol. The molecule has 0 heterocycles. The molecule has 3 N–H and O–H groups in total. The molecule has 11 heteroatoms. The average Bonchev–Trinajstić information content (AvgIpc) is 2.96. The Bertz CT molecular complexity index is 771. The SMILES string of the molecule is CCCCCC/C=C\C/C=C\CCCCCCCCCC(=O)OC(COC(=O)CCC)COP(=O)(O)OCC(O)CO. The summed E-state index contributed by atoms with van der Waals surface area (Å²) in [4.78, 5) is 33.8. The molecule has 3 atom stereocenters. The van der Waals surface area contributed by atoms with Gasteiger partial charge in [0.15, 0.2) is 6.10 Å². The molecular weight excluding hydrogens is 563 g/mol. The molecule has 0 bridgehead atoms. The molecule has 0 saturated carbocycles. The molecule has 0 aliphatic rings. The van der Waals surface area contributed by atoms with Crippen LogP contribution in [-0.4, -0.2) is 65.7 Å². The quantitative estimate of drug-likeness (QED) is 0.0356. The van der Waals surface area contributed by atoms with Crippen molar-refractivity contribution in [1.82, 2.24) is 0 Å². The fourth-order valence-electron chi connectivity index (χ4n) is 3.88. The standard InChI is InChI=1S/C31H57O10P/c1-3-5-6-7-8-9-10-11-12-13-14-15-16-17-18-19-20-21-23-31(35)41-29(26-38-30(34)22-4-2)27-40-42(36,37)39-25-28(33)24-32/h9-10,12-13,28-29,32-33H,3-8,11,14-27H2,1-2H3,(H,36,37)/b10-9-,13-12-. The van der Waals surface area contributed by atoms with Gasteiger partial charge in [0.25, 0.3) is 0 Å². The van der Waals surface area contributed by atoms with Gasteiger partial charge in [0.05, 0.1) is 19.8 Å². The van der Waals surface area contributed by atoms with E-state index in [2.05, 4.69) is 35.8 Å². The zero-order valence-electron chi connectivity index (χ0n) is 26.0. The van der Waals surface area contributed by atoms with Gasteiger partial charge in [-0.2, -0.15) is 0 Å². The van der Waals surface area contributed by atoms with E-state index in [1.807, 2.05) is 6.92 Å². The van der Waals surface area contributed by atoms with Gasteiger partial charge in [0, 0.05) is 12.8 Å². The van der Waals surface area contributed by atoms with Crippen molar-refractivity contribution in [3.8, 4) is 0 Å². The first-order chi connectivity index (χ1) is 20.2. The Balaban J connectivity index is 4.09.